The molecule has 1 aromatic heterocycles. The highest BCUT2D eigenvalue weighted by molar-refractivity contribution is 5.94. The molecular weight excluding hydrogens is 226 g/mol. The zero-order valence-electron chi connectivity index (χ0n) is 10.5. The summed E-state index contributed by atoms with van der Waals surface area (Å²) in [6.07, 6.45) is 6.56. The minimum Gasteiger partial charge on any atom is -0.335 e. The minimum atomic E-state index is 0.154. The van der Waals surface area contributed by atoms with E-state index in [9.17, 15) is 4.79 Å². The number of amides is 1. The van der Waals surface area contributed by atoms with Crippen molar-refractivity contribution in [1.82, 2.24) is 9.88 Å². The Labute approximate surface area is 107 Å². The van der Waals surface area contributed by atoms with E-state index in [1.807, 2.05) is 6.07 Å². The molecule has 2 aliphatic rings. The Bertz CT molecular complexity index is 452. The molecular formula is C14H19N3O. The number of hydrogen-bond acceptors (Lipinski definition) is 3. The lowest BCUT2D eigenvalue weighted by atomic mass is 10.2. The van der Waals surface area contributed by atoms with Crippen molar-refractivity contribution in [1.29, 1.82) is 0 Å². The number of carbonyl (C=O) groups excluding carboxylic acids is 1. The molecule has 2 aliphatic carbocycles. The van der Waals surface area contributed by atoms with Gasteiger partial charge in [-0.3, -0.25) is 9.78 Å². The van der Waals surface area contributed by atoms with Crippen LogP contribution in [0.15, 0.2) is 18.3 Å². The molecule has 4 nitrogen and oxygen atoms in total. The first-order valence-corrected chi connectivity index (χ1v) is 6.74. The van der Waals surface area contributed by atoms with Gasteiger partial charge in [-0.15, -0.1) is 0 Å². The Hall–Kier alpha value is -1.42. The van der Waals surface area contributed by atoms with Crippen LogP contribution < -0.4 is 5.73 Å². The molecule has 0 saturated heterocycles. The van der Waals surface area contributed by atoms with Gasteiger partial charge in [0.1, 0.15) is 0 Å². The molecule has 0 bridgehead atoms. The number of nitrogens with two attached hydrogens (primary N) is 1. The van der Waals surface area contributed by atoms with Crippen LogP contribution in [0.5, 0.6) is 0 Å². The maximum atomic E-state index is 12.5. The summed E-state index contributed by atoms with van der Waals surface area (Å²) in [5.41, 5.74) is 7.09. The van der Waals surface area contributed by atoms with Crippen molar-refractivity contribution >= 4 is 5.91 Å². The largest absolute Gasteiger partial charge is 0.335 e. The lowest BCUT2D eigenvalue weighted by molar-refractivity contribution is 0.0734. The number of rotatable bonds is 5. The molecule has 0 atom stereocenters. The van der Waals surface area contributed by atoms with Gasteiger partial charge in [0.15, 0.2) is 0 Å². The fourth-order valence-corrected chi connectivity index (χ4v) is 2.25. The molecule has 96 valence electrons. The Balaban J connectivity index is 1.77. The normalized spacial score (nSPS) is 18.7. The summed E-state index contributed by atoms with van der Waals surface area (Å²) in [7, 11) is 0. The minimum absolute atomic E-state index is 0.154. The summed E-state index contributed by atoms with van der Waals surface area (Å²) < 4.78 is 0. The van der Waals surface area contributed by atoms with Crippen molar-refractivity contribution in [3.05, 3.63) is 29.6 Å². The number of aromatic nitrogens is 1. The third-order valence-electron chi connectivity index (χ3n) is 3.67. The molecule has 3 rings (SSSR count). The fraction of sp³-hybridized carbons (Fsp3) is 0.571. The van der Waals surface area contributed by atoms with Crippen LogP contribution in [0.3, 0.4) is 0 Å². The second-order valence-corrected chi connectivity index (χ2v) is 5.37. The monoisotopic (exact) mass is 245 g/mol. The summed E-state index contributed by atoms with van der Waals surface area (Å²) in [6.45, 7) is 1.32. The SMILES string of the molecule is NCc1cc(C(=O)N(CC2CC2)C2CC2)ccn1. The molecule has 0 aromatic carbocycles. The van der Waals surface area contributed by atoms with Gasteiger partial charge in [-0.1, -0.05) is 0 Å². The van der Waals surface area contributed by atoms with E-state index in [0.29, 0.717) is 12.6 Å². The summed E-state index contributed by atoms with van der Waals surface area (Å²) in [5.74, 6) is 0.895. The third-order valence-corrected chi connectivity index (χ3v) is 3.67. The van der Waals surface area contributed by atoms with Gasteiger partial charge < -0.3 is 10.6 Å². The molecule has 2 N–H and O–H groups in total. The first-order valence-electron chi connectivity index (χ1n) is 6.74. The molecule has 1 aromatic rings. The van der Waals surface area contributed by atoms with Crippen LogP contribution in [-0.4, -0.2) is 28.4 Å². The Kier molecular flexibility index (Phi) is 3.04. The highest BCUT2D eigenvalue weighted by Gasteiger charge is 2.36. The quantitative estimate of drug-likeness (QED) is 0.856. The van der Waals surface area contributed by atoms with Crippen LogP contribution in [0.1, 0.15) is 41.7 Å². The van der Waals surface area contributed by atoms with Gasteiger partial charge in [0.25, 0.3) is 5.91 Å². The second kappa shape index (κ2) is 4.69. The lowest BCUT2D eigenvalue weighted by Gasteiger charge is -2.22. The van der Waals surface area contributed by atoms with Crippen molar-refractivity contribution in [2.45, 2.75) is 38.3 Å². The van der Waals surface area contributed by atoms with Gasteiger partial charge in [0.05, 0.1) is 5.69 Å². The van der Waals surface area contributed by atoms with E-state index in [2.05, 4.69) is 9.88 Å². The molecule has 1 amide bonds. The van der Waals surface area contributed by atoms with Gasteiger partial charge in [0.2, 0.25) is 0 Å². The van der Waals surface area contributed by atoms with E-state index in [1.54, 1.807) is 12.3 Å². The van der Waals surface area contributed by atoms with Crippen molar-refractivity contribution in [2.75, 3.05) is 6.54 Å². The topological polar surface area (TPSA) is 59.2 Å². The Morgan fingerprint density at radius 2 is 2.17 bits per heavy atom. The second-order valence-electron chi connectivity index (χ2n) is 5.37. The standard InChI is InChI=1S/C14H19N3O/c15-8-12-7-11(5-6-16-12)14(18)17(13-3-4-13)9-10-1-2-10/h5-7,10,13H,1-4,8-9,15H2. The molecule has 0 unspecified atom stereocenters. The van der Waals surface area contributed by atoms with Gasteiger partial charge in [-0.25, -0.2) is 0 Å². The summed E-state index contributed by atoms with van der Waals surface area (Å²) in [4.78, 5) is 18.7. The summed E-state index contributed by atoms with van der Waals surface area (Å²) in [6, 6.07) is 4.10. The van der Waals surface area contributed by atoms with Crippen LogP contribution in [0.4, 0.5) is 0 Å². The zero-order chi connectivity index (χ0) is 12.5. The summed E-state index contributed by atoms with van der Waals surface area (Å²) >= 11 is 0. The first kappa shape index (κ1) is 11.7. The van der Waals surface area contributed by atoms with Crippen LogP contribution in [0.2, 0.25) is 0 Å². The van der Waals surface area contributed by atoms with Crippen LogP contribution in [0.25, 0.3) is 0 Å². The van der Waals surface area contributed by atoms with Crippen molar-refractivity contribution in [3.8, 4) is 0 Å². The smallest absolute Gasteiger partial charge is 0.254 e. The fourth-order valence-electron chi connectivity index (χ4n) is 2.25. The predicted octanol–water partition coefficient (Wildman–Crippen LogP) is 1.55. The van der Waals surface area contributed by atoms with Crippen molar-refractivity contribution in [2.24, 2.45) is 11.7 Å². The van der Waals surface area contributed by atoms with E-state index in [4.69, 9.17) is 5.73 Å². The highest BCUT2D eigenvalue weighted by atomic mass is 16.2. The Morgan fingerprint density at radius 3 is 2.78 bits per heavy atom. The predicted molar refractivity (Wildman–Crippen MR) is 68.9 cm³/mol. The molecule has 1 heterocycles. The van der Waals surface area contributed by atoms with E-state index in [-0.39, 0.29) is 5.91 Å². The Morgan fingerprint density at radius 1 is 1.39 bits per heavy atom. The number of nitrogens with zero attached hydrogens (tertiary/aromatic N) is 2. The first-order chi connectivity index (χ1) is 8.78. The average molecular weight is 245 g/mol. The van der Waals surface area contributed by atoms with Crippen LogP contribution in [0, 0.1) is 5.92 Å². The average Bonchev–Trinajstić information content (AvgIpc) is 3.28. The van der Waals surface area contributed by atoms with E-state index in [0.717, 1.165) is 36.6 Å². The van der Waals surface area contributed by atoms with Gasteiger partial charge in [-0.2, -0.15) is 0 Å². The number of hydrogen-bond donors (Lipinski definition) is 1. The van der Waals surface area contributed by atoms with Crippen LogP contribution >= 0.6 is 0 Å². The molecule has 2 saturated carbocycles. The van der Waals surface area contributed by atoms with Crippen LogP contribution in [-0.2, 0) is 6.54 Å². The van der Waals surface area contributed by atoms with E-state index < -0.39 is 0 Å². The van der Waals surface area contributed by atoms with Crippen molar-refractivity contribution < 1.29 is 4.79 Å². The van der Waals surface area contributed by atoms with E-state index in [1.165, 1.54) is 12.8 Å². The van der Waals surface area contributed by atoms with E-state index >= 15 is 0 Å². The molecule has 4 heteroatoms. The lowest BCUT2D eigenvalue weighted by Crippen LogP contribution is -2.35. The third kappa shape index (κ3) is 2.53. The molecule has 0 aliphatic heterocycles. The molecule has 0 spiro atoms. The van der Waals surface area contributed by atoms with Crippen molar-refractivity contribution in [3.63, 3.8) is 0 Å². The molecule has 2 fully saturated rings. The molecule has 0 radical (unpaired) electrons. The highest BCUT2D eigenvalue weighted by Crippen LogP contribution is 2.35. The van der Waals surface area contributed by atoms with Gasteiger partial charge in [0, 0.05) is 30.9 Å². The zero-order valence-corrected chi connectivity index (χ0v) is 10.5. The summed E-state index contributed by atoms with van der Waals surface area (Å²) in [5, 5.41) is 0. The van der Waals surface area contributed by atoms with Gasteiger partial charge >= 0.3 is 0 Å². The number of carbonyl (C=O) groups is 1. The van der Waals surface area contributed by atoms with Gasteiger partial charge in [-0.05, 0) is 43.7 Å². The maximum Gasteiger partial charge on any atom is 0.254 e. The number of pyridine rings is 1. The molecule has 18 heavy (non-hydrogen) atoms. The maximum absolute atomic E-state index is 12.5.